The van der Waals surface area contributed by atoms with E-state index in [1.54, 1.807) is 17.9 Å². The fourth-order valence-electron chi connectivity index (χ4n) is 2.62. The van der Waals surface area contributed by atoms with Crippen LogP contribution in [0.15, 0.2) is 22.2 Å². The first-order valence-corrected chi connectivity index (χ1v) is 8.54. The molecule has 0 saturated carbocycles. The highest BCUT2D eigenvalue weighted by atomic mass is 79.9. The molecule has 2 N–H and O–H groups in total. The molecular formula is C14H17BrN4OS. The number of likely N-dealkylation sites (N-methyl/N-ethyl adjacent to an activating group) is 1. The highest BCUT2D eigenvalue weighted by molar-refractivity contribution is 9.11. The predicted octanol–water partition coefficient (Wildman–Crippen LogP) is 2.94. The normalized spacial score (nSPS) is 17.3. The maximum atomic E-state index is 11.4. The van der Waals surface area contributed by atoms with Gasteiger partial charge in [-0.3, -0.25) is 9.48 Å². The molecule has 0 radical (unpaired) electrons. The average Bonchev–Trinajstić information content (AvgIpc) is 3.05. The monoisotopic (exact) mass is 368 g/mol. The molecule has 0 bridgehead atoms. The van der Waals surface area contributed by atoms with Crippen molar-refractivity contribution in [3.63, 3.8) is 0 Å². The first kappa shape index (κ1) is 14.6. The molecule has 112 valence electrons. The molecule has 2 aromatic rings. The summed E-state index contributed by atoms with van der Waals surface area (Å²) in [6.07, 6.45) is 7.14. The molecular weight excluding hydrogens is 352 g/mol. The summed E-state index contributed by atoms with van der Waals surface area (Å²) in [6.45, 7) is 0.248. The number of fused-ring (bicyclic) bond motifs is 1. The van der Waals surface area contributed by atoms with Crippen molar-refractivity contribution in [2.24, 2.45) is 0 Å². The number of aromatic nitrogens is 2. The Morgan fingerprint density at radius 3 is 3.29 bits per heavy atom. The van der Waals surface area contributed by atoms with Gasteiger partial charge < -0.3 is 10.6 Å². The Labute approximate surface area is 135 Å². The Bertz CT molecular complexity index is 651. The molecule has 1 aliphatic rings. The zero-order chi connectivity index (χ0) is 14.8. The highest BCUT2D eigenvalue weighted by Gasteiger charge is 2.22. The zero-order valence-corrected chi connectivity index (χ0v) is 14.1. The largest absolute Gasteiger partial charge is 0.376 e. The van der Waals surface area contributed by atoms with Crippen LogP contribution in [0.4, 0.5) is 5.69 Å². The van der Waals surface area contributed by atoms with E-state index in [1.807, 2.05) is 17.5 Å². The number of halogens is 1. The van der Waals surface area contributed by atoms with Gasteiger partial charge >= 0.3 is 0 Å². The van der Waals surface area contributed by atoms with Gasteiger partial charge in [0.05, 0.1) is 21.7 Å². The number of nitrogens with zero attached hydrogens (tertiary/aromatic N) is 2. The summed E-state index contributed by atoms with van der Waals surface area (Å²) in [5.41, 5.74) is 2.34. The highest BCUT2D eigenvalue weighted by Crippen LogP contribution is 2.39. The third-order valence-corrected chi connectivity index (χ3v) is 5.36. The standard InChI is InChI=1S/C14H17BrN4OS/c1-16-14(20)8-19-7-9(6-17-19)18-11-3-2-4-12-10(11)5-13(15)21-12/h5-7,11,18H,2-4,8H2,1H3,(H,16,20). The maximum Gasteiger partial charge on any atom is 0.241 e. The number of thiophene rings is 1. The minimum atomic E-state index is -0.0497. The first-order valence-electron chi connectivity index (χ1n) is 6.93. The van der Waals surface area contributed by atoms with E-state index < -0.39 is 0 Å². The van der Waals surface area contributed by atoms with Gasteiger partial charge in [0.2, 0.25) is 5.91 Å². The maximum absolute atomic E-state index is 11.4. The number of carbonyl (C=O) groups is 1. The second kappa shape index (κ2) is 6.19. The summed E-state index contributed by atoms with van der Waals surface area (Å²) < 4.78 is 2.84. The predicted molar refractivity (Wildman–Crippen MR) is 87.6 cm³/mol. The van der Waals surface area contributed by atoms with Crippen molar-refractivity contribution in [1.29, 1.82) is 0 Å². The topological polar surface area (TPSA) is 59.0 Å². The number of rotatable bonds is 4. The molecule has 0 saturated heterocycles. The molecule has 5 nitrogen and oxygen atoms in total. The molecule has 1 unspecified atom stereocenters. The Hall–Kier alpha value is -1.34. The quantitative estimate of drug-likeness (QED) is 0.871. The molecule has 7 heteroatoms. The van der Waals surface area contributed by atoms with Crippen molar-refractivity contribution in [1.82, 2.24) is 15.1 Å². The Morgan fingerprint density at radius 1 is 1.62 bits per heavy atom. The van der Waals surface area contributed by atoms with Crippen molar-refractivity contribution in [3.05, 3.63) is 32.7 Å². The number of anilines is 1. The third kappa shape index (κ3) is 3.29. The van der Waals surface area contributed by atoms with Crippen LogP contribution in [-0.4, -0.2) is 22.7 Å². The van der Waals surface area contributed by atoms with Gasteiger partial charge in [0.15, 0.2) is 0 Å². The lowest BCUT2D eigenvalue weighted by Crippen LogP contribution is -2.23. The molecule has 1 atom stereocenters. The van der Waals surface area contributed by atoms with Crippen molar-refractivity contribution in [3.8, 4) is 0 Å². The van der Waals surface area contributed by atoms with Gasteiger partial charge in [0.25, 0.3) is 0 Å². The number of amides is 1. The van der Waals surface area contributed by atoms with Crippen LogP contribution < -0.4 is 10.6 Å². The van der Waals surface area contributed by atoms with Crippen molar-refractivity contribution < 1.29 is 4.79 Å². The summed E-state index contributed by atoms with van der Waals surface area (Å²) in [6, 6.07) is 2.54. The number of hydrogen-bond donors (Lipinski definition) is 2. The number of carbonyl (C=O) groups excluding carboxylic acids is 1. The van der Waals surface area contributed by atoms with E-state index in [-0.39, 0.29) is 12.5 Å². The fourth-order valence-corrected chi connectivity index (χ4v) is 4.44. The smallest absolute Gasteiger partial charge is 0.241 e. The van der Waals surface area contributed by atoms with Crippen molar-refractivity contribution >= 4 is 38.9 Å². The SMILES string of the molecule is CNC(=O)Cn1cc(NC2CCCc3sc(Br)cc32)cn1. The zero-order valence-electron chi connectivity index (χ0n) is 11.7. The van der Waals surface area contributed by atoms with Gasteiger partial charge in [-0.15, -0.1) is 11.3 Å². The Morgan fingerprint density at radius 2 is 2.48 bits per heavy atom. The molecule has 1 aliphatic carbocycles. The van der Waals surface area contributed by atoms with Crippen LogP contribution in [0.3, 0.4) is 0 Å². The van der Waals surface area contributed by atoms with Gasteiger partial charge in [-0.05, 0) is 46.8 Å². The van der Waals surface area contributed by atoms with E-state index in [9.17, 15) is 4.79 Å². The molecule has 0 spiro atoms. The molecule has 21 heavy (non-hydrogen) atoms. The van der Waals surface area contributed by atoms with Gasteiger partial charge in [-0.25, -0.2) is 0 Å². The van der Waals surface area contributed by atoms with Crippen LogP contribution in [0.25, 0.3) is 0 Å². The molecule has 0 aromatic carbocycles. The summed E-state index contributed by atoms with van der Waals surface area (Å²) in [4.78, 5) is 12.8. The average molecular weight is 369 g/mol. The van der Waals surface area contributed by atoms with E-state index in [0.717, 1.165) is 12.1 Å². The van der Waals surface area contributed by atoms with E-state index in [2.05, 4.69) is 37.7 Å². The van der Waals surface area contributed by atoms with E-state index in [1.165, 1.54) is 27.1 Å². The lowest BCUT2D eigenvalue weighted by molar-refractivity contribution is -0.121. The second-order valence-corrected chi connectivity index (χ2v) is 7.63. The van der Waals surface area contributed by atoms with Crippen molar-refractivity contribution in [2.45, 2.75) is 31.8 Å². The minimum absolute atomic E-state index is 0.0497. The lowest BCUT2D eigenvalue weighted by Gasteiger charge is -2.23. The van der Waals surface area contributed by atoms with Crippen LogP contribution in [0, 0.1) is 0 Å². The minimum Gasteiger partial charge on any atom is -0.376 e. The molecule has 3 rings (SSSR count). The number of aryl methyl sites for hydroxylation is 1. The Balaban J connectivity index is 1.71. The second-order valence-electron chi connectivity index (χ2n) is 5.12. The summed E-state index contributed by atoms with van der Waals surface area (Å²) in [5.74, 6) is -0.0497. The van der Waals surface area contributed by atoms with Gasteiger partial charge in [0.1, 0.15) is 6.54 Å². The fraction of sp³-hybridized carbons (Fsp3) is 0.429. The van der Waals surface area contributed by atoms with E-state index in [4.69, 9.17) is 0 Å². The summed E-state index contributed by atoms with van der Waals surface area (Å²) in [7, 11) is 1.63. The van der Waals surface area contributed by atoms with E-state index >= 15 is 0 Å². The lowest BCUT2D eigenvalue weighted by atomic mass is 9.94. The third-order valence-electron chi connectivity index (χ3n) is 3.64. The number of hydrogen-bond acceptors (Lipinski definition) is 4. The van der Waals surface area contributed by atoms with Gasteiger partial charge in [-0.1, -0.05) is 0 Å². The van der Waals surface area contributed by atoms with E-state index in [0.29, 0.717) is 6.04 Å². The Kier molecular flexibility index (Phi) is 4.30. The van der Waals surface area contributed by atoms with Crippen LogP contribution >= 0.6 is 27.3 Å². The van der Waals surface area contributed by atoms with Crippen LogP contribution in [0.5, 0.6) is 0 Å². The van der Waals surface area contributed by atoms with Crippen molar-refractivity contribution in [2.75, 3.05) is 12.4 Å². The molecule has 0 aliphatic heterocycles. The molecule has 2 aromatic heterocycles. The van der Waals surface area contributed by atoms with Crippen LogP contribution in [0.2, 0.25) is 0 Å². The first-order chi connectivity index (χ1) is 10.2. The molecule has 2 heterocycles. The van der Waals surface area contributed by atoms with Crippen LogP contribution in [0.1, 0.15) is 29.3 Å². The van der Waals surface area contributed by atoms with Gasteiger partial charge in [-0.2, -0.15) is 5.10 Å². The molecule has 0 fully saturated rings. The van der Waals surface area contributed by atoms with Crippen LogP contribution in [-0.2, 0) is 17.8 Å². The van der Waals surface area contributed by atoms with Gasteiger partial charge in [0, 0.05) is 18.1 Å². The number of nitrogens with one attached hydrogen (secondary N) is 2. The summed E-state index contributed by atoms with van der Waals surface area (Å²) in [5, 5.41) is 10.3. The molecule has 1 amide bonds. The summed E-state index contributed by atoms with van der Waals surface area (Å²) >= 11 is 5.40.